The molecule has 0 aliphatic rings. The fourth-order valence-electron chi connectivity index (χ4n) is 2.76. The zero-order valence-corrected chi connectivity index (χ0v) is 15.2. The van der Waals surface area contributed by atoms with Gasteiger partial charge in [0.25, 0.3) is 5.56 Å². The van der Waals surface area contributed by atoms with Gasteiger partial charge in [-0.2, -0.15) is 0 Å². The first-order valence-corrected chi connectivity index (χ1v) is 8.59. The summed E-state index contributed by atoms with van der Waals surface area (Å²) in [6.45, 7) is 6.14. The summed E-state index contributed by atoms with van der Waals surface area (Å²) in [4.78, 5) is 21.7. The second-order valence-electron chi connectivity index (χ2n) is 6.50. The zero-order valence-electron chi connectivity index (χ0n) is 15.2. The lowest BCUT2D eigenvalue weighted by Gasteiger charge is -2.15. The van der Waals surface area contributed by atoms with Gasteiger partial charge in [0.05, 0.1) is 12.0 Å². The molecule has 0 amide bonds. The van der Waals surface area contributed by atoms with Crippen LogP contribution in [-0.4, -0.2) is 32.3 Å². The van der Waals surface area contributed by atoms with Crippen LogP contribution in [0.3, 0.4) is 0 Å². The number of aliphatic hydroxyl groups is 1. The van der Waals surface area contributed by atoms with Crippen LogP contribution in [0.15, 0.2) is 41.5 Å². The van der Waals surface area contributed by atoms with Crippen LogP contribution in [0, 0.1) is 6.92 Å². The topological polar surface area (TPSA) is 92.1 Å². The quantitative estimate of drug-likeness (QED) is 0.631. The van der Waals surface area contributed by atoms with Gasteiger partial charge in [-0.25, -0.2) is 9.97 Å². The SMILES string of the molecule is Cc1ccnc(Nc2cc3ccn(CCO)c(=O)c3c(NC(C)C)n2)c1. The molecule has 0 saturated heterocycles. The summed E-state index contributed by atoms with van der Waals surface area (Å²) < 4.78 is 1.49. The van der Waals surface area contributed by atoms with Crippen molar-refractivity contribution in [2.75, 3.05) is 17.2 Å². The lowest BCUT2D eigenvalue weighted by Crippen LogP contribution is -2.23. The molecule has 0 radical (unpaired) electrons. The van der Waals surface area contributed by atoms with Crippen molar-refractivity contribution < 1.29 is 5.11 Å². The van der Waals surface area contributed by atoms with E-state index in [9.17, 15) is 4.79 Å². The highest BCUT2D eigenvalue weighted by atomic mass is 16.3. The van der Waals surface area contributed by atoms with Crippen LogP contribution < -0.4 is 16.2 Å². The molecule has 3 N–H and O–H groups in total. The number of aliphatic hydroxyl groups excluding tert-OH is 1. The van der Waals surface area contributed by atoms with Crippen LogP contribution in [0.2, 0.25) is 0 Å². The number of pyridine rings is 3. The third-order valence-corrected chi connectivity index (χ3v) is 3.90. The van der Waals surface area contributed by atoms with Crippen molar-refractivity contribution in [1.29, 1.82) is 0 Å². The van der Waals surface area contributed by atoms with Crippen molar-refractivity contribution in [2.24, 2.45) is 0 Å². The highest BCUT2D eigenvalue weighted by Crippen LogP contribution is 2.24. The Morgan fingerprint density at radius 3 is 2.73 bits per heavy atom. The van der Waals surface area contributed by atoms with Crippen molar-refractivity contribution in [1.82, 2.24) is 14.5 Å². The molecule has 136 valence electrons. The van der Waals surface area contributed by atoms with Crippen molar-refractivity contribution >= 4 is 28.2 Å². The smallest absolute Gasteiger partial charge is 0.262 e. The number of rotatable bonds is 6. The van der Waals surface area contributed by atoms with Crippen LogP contribution in [0.5, 0.6) is 0 Å². The Hall–Kier alpha value is -2.93. The molecule has 0 bridgehead atoms. The zero-order chi connectivity index (χ0) is 18.7. The molecule has 3 heterocycles. The van der Waals surface area contributed by atoms with Crippen molar-refractivity contribution in [3.05, 3.63) is 52.6 Å². The minimum atomic E-state index is -0.174. The summed E-state index contributed by atoms with van der Waals surface area (Å²) in [5, 5.41) is 16.9. The van der Waals surface area contributed by atoms with Gasteiger partial charge < -0.3 is 20.3 Å². The molecular formula is C19H23N5O2. The summed E-state index contributed by atoms with van der Waals surface area (Å²) in [5.41, 5.74) is 0.920. The van der Waals surface area contributed by atoms with Gasteiger partial charge in [0, 0.05) is 25.0 Å². The maximum absolute atomic E-state index is 12.8. The van der Waals surface area contributed by atoms with E-state index >= 15 is 0 Å². The maximum atomic E-state index is 12.8. The minimum Gasteiger partial charge on any atom is -0.395 e. The summed E-state index contributed by atoms with van der Waals surface area (Å²) >= 11 is 0. The molecule has 0 atom stereocenters. The average Bonchev–Trinajstić information content (AvgIpc) is 2.57. The minimum absolute atomic E-state index is 0.0928. The van der Waals surface area contributed by atoms with E-state index in [4.69, 9.17) is 5.11 Å². The first-order valence-electron chi connectivity index (χ1n) is 8.59. The van der Waals surface area contributed by atoms with Gasteiger partial charge in [-0.3, -0.25) is 4.79 Å². The molecule has 0 saturated carbocycles. The fraction of sp³-hybridized carbons (Fsp3) is 0.316. The van der Waals surface area contributed by atoms with Crippen molar-refractivity contribution in [2.45, 2.75) is 33.4 Å². The Morgan fingerprint density at radius 1 is 1.23 bits per heavy atom. The molecule has 7 nitrogen and oxygen atoms in total. The van der Waals surface area contributed by atoms with Crippen LogP contribution in [0.4, 0.5) is 17.5 Å². The Labute approximate surface area is 151 Å². The molecule has 0 aliphatic heterocycles. The maximum Gasteiger partial charge on any atom is 0.262 e. The van der Waals surface area contributed by atoms with Crippen LogP contribution in [0.25, 0.3) is 10.8 Å². The number of hydrogen-bond acceptors (Lipinski definition) is 6. The molecule has 26 heavy (non-hydrogen) atoms. The molecule has 7 heteroatoms. The molecule has 0 spiro atoms. The number of nitrogens with one attached hydrogen (secondary N) is 2. The van der Waals surface area contributed by atoms with E-state index in [1.165, 1.54) is 4.57 Å². The lowest BCUT2D eigenvalue weighted by atomic mass is 10.2. The number of hydrogen-bond donors (Lipinski definition) is 3. The van der Waals surface area contributed by atoms with Gasteiger partial charge in [-0.1, -0.05) is 0 Å². The monoisotopic (exact) mass is 353 g/mol. The molecule has 0 aromatic carbocycles. The molecule has 0 unspecified atom stereocenters. The van der Waals surface area contributed by atoms with Crippen LogP contribution in [0.1, 0.15) is 19.4 Å². The van der Waals surface area contributed by atoms with Gasteiger partial charge in [0.15, 0.2) is 0 Å². The first kappa shape index (κ1) is 17.9. The number of aryl methyl sites for hydroxylation is 1. The van der Waals surface area contributed by atoms with E-state index in [-0.39, 0.29) is 24.8 Å². The normalized spacial score (nSPS) is 11.1. The van der Waals surface area contributed by atoms with E-state index in [0.29, 0.717) is 22.8 Å². The van der Waals surface area contributed by atoms with Crippen molar-refractivity contribution in [3.63, 3.8) is 0 Å². The first-order chi connectivity index (χ1) is 12.5. The van der Waals surface area contributed by atoms with Crippen LogP contribution in [-0.2, 0) is 6.54 Å². The standard InChI is InChI=1S/C19H23N5O2/c1-12(2)21-18-17-14(5-7-24(8-9-25)19(17)26)11-16(23-18)22-15-10-13(3)4-6-20-15/h4-7,10-12,25H,8-9H2,1-3H3,(H2,20,21,22,23). The lowest BCUT2D eigenvalue weighted by molar-refractivity contribution is 0.274. The highest BCUT2D eigenvalue weighted by molar-refractivity contribution is 5.93. The Kier molecular flexibility index (Phi) is 5.18. The molecule has 3 aromatic heterocycles. The van der Waals surface area contributed by atoms with Gasteiger partial charge in [-0.05, 0) is 56.0 Å². The fourth-order valence-corrected chi connectivity index (χ4v) is 2.76. The number of anilines is 3. The predicted molar refractivity (Wildman–Crippen MR) is 104 cm³/mol. The van der Waals surface area contributed by atoms with Gasteiger partial charge in [0.2, 0.25) is 0 Å². The number of nitrogens with zero attached hydrogens (tertiary/aromatic N) is 3. The average molecular weight is 353 g/mol. The van der Waals surface area contributed by atoms with Gasteiger partial charge in [0.1, 0.15) is 17.5 Å². The third-order valence-electron chi connectivity index (χ3n) is 3.90. The van der Waals surface area contributed by atoms with E-state index in [1.807, 2.05) is 45.0 Å². The summed E-state index contributed by atoms with van der Waals surface area (Å²) in [6, 6.07) is 7.66. The predicted octanol–water partition coefficient (Wildman–Crippen LogP) is 2.66. The Morgan fingerprint density at radius 2 is 2.04 bits per heavy atom. The van der Waals surface area contributed by atoms with Gasteiger partial charge >= 0.3 is 0 Å². The second kappa shape index (κ2) is 7.53. The third kappa shape index (κ3) is 3.83. The van der Waals surface area contributed by atoms with E-state index in [0.717, 1.165) is 10.9 Å². The molecule has 3 rings (SSSR count). The molecular weight excluding hydrogens is 330 g/mol. The Bertz CT molecular complexity index is 981. The van der Waals surface area contributed by atoms with Crippen molar-refractivity contribution in [3.8, 4) is 0 Å². The largest absolute Gasteiger partial charge is 0.395 e. The van der Waals surface area contributed by atoms with E-state index < -0.39 is 0 Å². The number of fused-ring (bicyclic) bond motifs is 1. The van der Waals surface area contributed by atoms with Crippen LogP contribution >= 0.6 is 0 Å². The Balaban J connectivity index is 2.12. The van der Waals surface area contributed by atoms with E-state index in [2.05, 4.69) is 20.6 Å². The molecule has 3 aromatic rings. The summed E-state index contributed by atoms with van der Waals surface area (Å²) in [7, 11) is 0. The molecule has 0 aliphatic carbocycles. The van der Waals surface area contributed by atoms with E-state index in [1.54, 1.807) is 12.4 Å². The highest BCUT2D eigenvalue weighted by Gasteiger charge is 2.13. The number of aromatic nitrogens is 3. The molecule has 0 fully saturated rings. The second-order valence-corrected chi connectivity index (χ2v) is 6.50. The summed E-state index contributed by atoms with van der Waals surface area (Å²) in [5.74, 6) is 1.82. The van der Waals surface area contributed by atoms with Gasteiger partial charge in [-0.15, -0.1) is 0 Å². The summed E-state index contributed by atoms with van der Waals surface area (Å²) in [6.07, 6.45) is 3.42.